The Hall–Kier alpha value is -3.81. The van der Waals surface area contributed by atoms with Gasteiger partial charge in [0.05, 0.1) is 7.11 Å². The maximum Gasteiger partial charge on any atom is 0.267 e. The van der Waals surface area contributed by atoms with Crippen molar-refractivity contribution in [1.29, 1.82) is 0 Å². The lowest BCUT2D eigenvalue weighted by molar-refractivity contribution is -0.124. The molecule has 0 bridgehead atoms. The van der Waals surface area contributed by atoms with Crippen LogP contribution in [0.15, 0.2) is 60.9 Å². The number of fused-ring (bicyclic) bond motifs is 2. The van der Waals surface area contributed by atoms with Crippen molar-refractivity contribution in [3.05, 3.63) is 94.4 Å². The first kappa shape index (κ1) is 24.9. The second kappa shape index (κ2) is 11.1. The number of methoxy groups -OCH3 is 1. The van der Waals surface area contributed by atoms with Crippen LogP contribution in [0.1, 0.15) is 52.9 Å². The molecule has 7 nitrogen and oxygen atoms in total. The molecule has 1 aliphatic carbocycles. The van der Waals surface area contributed by atoms with Crippen LogP contribution in [-0.4, -0.2) is 39.6 Å². The summed E-state index contributed by atoms with van der Waals surface area (Å²) in [7, 11) is 1.69. The van der Waals surface area contributed by atoms with Gasteiger partial charge in [0.2, 0.25) is 0 Å². The van der Waals surface area contributed by atoms with Gasteiger partial charge in [-0.1, -0.05) is 25.1 Å². The number of amides is 1. The molecule has 1 atom stereocenters. The van der Waals surface area contributed by atoms with Crippen molar-refractivity contribution >= 4 is 22.9 Å². The molecule has 2 heterocycles. The minimum absolute atomic E-state index is 0.332. The third kappa shape index (κ3) is 5.48. The summed E-state index contributed by atoms with van der Waals surface area (Å²) in [4.78, 5) is 20.8. The van der Waals surface area contributed by atoms with E-state index in [0.717, 1.165) is 55.6 Å². The molecule has 0 fully saturated rings. The maximum absolute atomic E-state index is 11.4. The summed E-state index contributed by atoms with van der Waals surface area (Å²) in [6, 6.07) is 15.2. The molecule has 1 unspecified atom stereocenters. The second-order valence-corrected chi connectivity index (χ2v) is 9.65. The molecule has 0 radical (unpaired) electrons. The van der Waals surface area contributed by atoms with Gasteiger partial charge in [0.15, 0.2) is 0 Å². The summed E-state index contributed by atoms with van der Waals surface area (Å²) in [6.45, 7) is 3.99. The number of aromatic amines is 2. The van der Waals surface area contributed by atoms with Gasteiger partial charge in [0.1, 0.15) is 5.75 Å². The smallest absolute Gasteiger partial charge is 0.267 e. The molecule has 192 valence electrons. The van der Waals surface area contributed by atoms with Crippen LogP contribution in [0.3, 0.4) is 0 Å². The number of hydrogen-bond donors (Lipinski definition) is 4. The molecule has 5 rings (SSSR count). The second-order valence-electron chi connectivity index (χ2n) is 9.65. The summed E-state index contributed by atoms with van der Waals surface area (Å²) < 4.78 is 5.38. The van der Waals surface area contributed by atoms with Gasteiger partial charge in [-0.25, -0.2) is 5.48 Å². The zero-order valence-corrected chi connectivity index (χ0v) is 21.4. The van der Waals surface area contributed by atoms with Gasteiger partial charge in [-0.05, 0) is 77.8 Å². The number of aryl methyl sites for hydroxylation is 2. The predicted octanol–water partition coefficient (Wildman–Crippen LogP) is 5.32. The Balaban J connectivity index is 1.38. The van der Waals surface area contributed by atoms with E-state index in [1.165, 1.54) is 39.4 Å². The van der Waals surface area contributed by atoms with E-state index in [2.05, 4.69) is 64.5 Å². The summed E-state index contributed by atoms with van der Waals surface area (Å²) in [5, 5.41) is 9.98. The number of benzene rings is 2. The van der Waals surface area contributed by atoms with Crippen molar-refractivity contribution in [2.75, 3.05) is 13.7 Å². The molecule has 2 aromatic heterocycles. The number of carbonyl (C=O) groups excluding carboxylic acids is 1. The normalized spacial score (nSPS) is 15.1. The van der Waals surface area contributed by atoms with Crippen LogP contribution in [0.2, 0.25) is 0 Å². The first-order valence-corrected chi connectivity index (χ1v) is 12.9. The monoisotopic (exact) mass is 498 g/mol. The average Bonchev–Trinajstić information content (AvgIpc) is 3.67. The van der Waals surface area contributed by atoms with Crippen molar-refractivity contribution in [2.45, 2.75) is 45.2 Å². The molecule has 37 heavy (non-hydrogen) atoms. The van der Waals surface area contributed by atoms with Crippen LogP contribution in [0.5, 0.6) is 5.75 Å². The Labute approximate surface area is 217 Å². The van der Waals surface area contributed by atoms with E-state index in [1.54, 1.807) is 18.7 Å². The molecule has 4 aromatic rings. The number of nitrogens with one attached hydrogen (secondary N) is 3. The Morgan fingerprint density at radius 2 is 2.08 bits per heavy atom. The van der Waals surface area contributed by atoms with Gasteiger partial charge >= 0.3 is 0 Å². The first-order chi connectivity index (χ1) is 18.1. The SMILES string of the molecule is CCc1cc(CN(CCc2c[nH]c3cc(OC)ccc23)C2CCc3cc(C=CC(=O)NO)ccc32)c[nH]1. The Bertz CT molecular complexity index is 1420. The number of carbonyl (C=O) groups is 1. The molecule has 4 N–H and O–H groups in total. The summed E-state index contributed by atoms with van der Waals surface area (Å²) >= 11 is 0. The molecule has 0 saturated carbocycles. The standard InChI is InChI=1S/C30H34N4O3/c1-3-24-15-21(17-31-24)19-34(13-12-23-18-32-28-16-25(37-2)7-9-26(23)28)29-10-6-22-14-20(4-8-27(22)29)5-11-30(35)33-36/h4-5,7-9,11,14-18,29,31-32,36H,3,6,10,12-13,19H2,1-2H3,(H,33,35). The molecule has 7 heteroatoms. The quantitative estimate of drug-likeness (QED) is 0.135. The summed E-state index contributed by atoms with van der Waals surface area (Å²) in [6.07, 6.45) is 11.3. The Morgan fingerprint density at radius 1 is 1.19 bits per heavy atom. The lowest BCUT2D eigenvalue weighted by Crippen LogP contribution is -2.29. The van der Waals surface area contributed by atoms with E-state index in [0.29, 0.717) is 6.04 Å². The zero-order chi connectivity index (χ0) is 25.8. The highest BCUT2D eigenvalue weighted by molar-refractivity contribution is 5.90. The molecule has 0 saturated heterocycles. The highest BCUT2D eigenvalue weighted by atomic mass is 16.5. The fourth-order valence-corrected chi connectivity index (χ4v) is 5.44. The fraction of sp³-hybridized carbons (Fsp3) is 0.300. The first-order valence-electron chi connectivity index (χ1n) is 12.9. The van der Waals surface area contributed by atoms with Gasteiger partial charge in [0, 0.05) is 60.3 Å². The van der Waals surface area contributed by atoms with Crippen LogP contribution >= 0.6 is 0 Å². The number of rotatable bonds is 10. The van der Waals surface area contributed by atoms with Crippen molar-refractivity contribution in [2.24, 2.45) is 0 Å². The van der Waals surface area contributed by atoms with Crippen LogP contribution < -0.4 is 10.2 Å². The molecular weight excluding hydrogens is 464 g/mol. The van der Waals surface area contributed by atoms with Gasteiger partial charge in [-0.2, -0.15) is 0 Å². The largest absolute Gasteiger partial charge is 0.497 e. The Morgan fingerprint density at radius 3 is 2.86 bits per heavy atom. The number of aromatic nitrogens is 2. The number of hydroxylamine groups is 1. The maximum atomic E-state index is 11.4. The summed E-state index contributed by atoms with van der Waals surface area (Å²) in [5.41, 5.74) is 10.3. The van der Waals surface area contributed by atoms with E-state index < -0.39 is 5.91 Å². The molecule has 0 aliphatic heterocycles. The number of ether oxygens (including phenoxy) is 1. The van der Waals surface area contributed by atoms with Gasteiger partial charge in [-0.3, -0.25) is 14.9 Å². The zero-order valence-electron chi connectivity index (χ0n) is 21.4. The van der Waals surface area contributed by atoms with Crippen LogP contribution in [0.4, 0.5) is 0 Å². The van der Waals surface area contributed by atoms with Gasteiger partial charge in [-0.15, -0.1) is 0 Å². The minimum atomic E-state index is -0.529. The van der Waals surface area contributed by atoms with Crippen molar-refractivity contribution < 1.29 is 14.7 Å². The predicted molar refractivity (Wildman–Crippen MR) is 146 cm³/mol. The van der Waals surface area contributed by atoms with Crippen molar-refractivity contribution in [3.63, 3.8) is 0 Å². The number of hydrogen-bond acceptors (Lipinski definition) is 4. The fourth-order valence-electron chi connectivity index (χ4n) is 5.44. The number of nitrogens with zero attached hydrogens (tertiary/aromatic N) is 1. The lowest BCUT2D eigenvalue weighted by atomic mass is 10.0. The third-order valence-corrected chi connectivity index (χ3v) is 7.40. The highest BCUT2D eigenvalue weighted by Crippen LogP contribution is 2.37. The van der Waals surface area contributed by atoms with Gasteiger partial charge in [0.25, 0.3) is 5.91 Å². The third-order valence-electron chi connectivity index (χ3n) is 7.40. The van der Waals surface area contributed by atoms with Crippen molar-refractivity contribution in [3.8, 4) is 5.75 Å². The number of H-pyrrole nitrogens is 2. The van der Waals surface area contributed by atoms with E-state index in [4.69, 9.17) is 9.94 Å². The molecule has 1 amide bonds. The molecule has 2 aromatic carbocycles. The topological polar surface area (TPSA) is 93.4 Å². The van der Waals surface area contributed by atoms with E-state index in [9.17, 15) is 4.79 Å². The lowest BCUT2D eigenvalue weighted by Gasteiger charge is -2.29. The van der Waals surface area contributed by atoms with E-state index >= 15 is 0 Å². The van der Waals surface area contributed by atoms with Crippen LogP contribution in [0.25, 0.3) is 17.0 Å². The molecule has 1 aliphatic rings. The van der Waals surface area contributed by atoms with Crippen LogP contribution in [-0.2, 0) is 30.6 Å². The van der Waals surface area contributed by atoms with Crippen LogP contribution in [0, 0.1) is 0 Å². The molecule has 0 spiro atoms. The van der Waals surface area contributed by atoms with Gasteiger partial charge < -0.3 is 14.7 Å². The Kier molecular flexibility index (Phi) is 7.44. The summed E-state index contributed by atoms with van der Waals surface area (Å²) in [5.74, 6) is 0.328. The van der Waals surface area contributed by atoms with E-state index in [1.807, 2.05) is 12.1 Å². The van der Waals surface area contributed by atoms with E-state index in [-0.39, 0.29) is 0 Å². The molecular formula is C30H34N4O3. The minimum Gasteiger partial charge on any atom is -0.497 e. The van der Waals surface area contributed by atoms with Crippen molar-refractivity contribution in [1.82, 2.24) is 20.3 Å². The highest BCUT2D eigenvalue weighted by Gasteiger charge is 2.28. The average molecular weight is 499 g/mol.